The maximum Gasteiger partial charge on any atom is 0.411 e. The Morgan fingerprint density at radius 1 is 0.808 bits per heavy atom. The van der Waals surface area contributed by atoms with Crippen molar-refractivity contribution in [2.75, 3.05) is 23.0 Å². The summed E-state index contributed by atoms with van der Waals surface area (Å²) in [6, 6.07) is 24.9. The van der Waals surface area contributed by atoms with Gasteiger partial charge in [0.25, 0.3) is 0 Å². The minimum Gasteiger partial charge on any atom is -0.449 e. The molecule has 0 heterocycles. The van der Waals surface area contributed by atoms with E-state index < -0.39 is 6.09 Å². The second-order valence-corrected chi connectivity index (χ2v) is 5.82. The van der Waals surface area contributed by atoms with E-state index >= 15 is 0 Å². The van der Waals surface area contributed by atoms with E-state index in [4.69, 9.17) is 10.5 Å². The van der Waals surface area contributed by atoms with Crippen LogP contribution in [-0.2, 0) is 11.2 Å². The molecule has 0 aromatic heterocycles. The fraction of sp³-hybridized carbons (Fsp3) is 0.0952. The highest BCUT2D eigenvalue weighted by Crippen LogP contribution is 2.18. The van der Waals surface area contributed by atoms with Gasteiger partial charge in [0, 0.05) is 29.2 Å². The van der Waals surface area contributed by atoms with Gasteiger partial charge in [-0.15, -0.1) is 0 Å². The Morgan fingerprint density at radius 3 is 2.12 bits per heavy atom. The van der Waals surface area contributed by atoms with Crippen molar-refractivity contribution < 1.29 is 9.53 Å². The Morgan fingerprint density at radius 2 is 1.42 bits per heavy atom. The predicted molar refractivity (Wildman–Crippen MR) is 106 cm³/mol. The summed E-state index contributed by atoms with van der Waals surface area (Å²) in [6.07, 6.45) is 0.178. The van der Waals surface area contributed by atoms with Crippen LogP contribution in [0.2, 0.25) is 0 Å². The van der Waals surface area contributed by atoms with Crippen molar-refractivity contribution in [3.8, 4) is 0 Å². The number of carbonyl (C=O) groups is 1. The number of para-hydroxylation sites is 1. The van der Waals surface area contributed by atoms with E-state index in [0.29, 0.717) is 18.7 Å². The second kappa shape index (κ2) is 8.58. The summed E-state index contributed by atoms with van der Waals surface area (Å²) in [4.78, 5) is 11.9. The number of nitrogen functional groups attached to an aromatic ring is 1. The first-order valence-electron chi connectivity index (χ1n) is 8.39. The van der Waals surface area contributed by atoms with Gasteiger partial charge in [0.15, 0.2) is 0 Å². The molecule has 4 N–H and O–H groups in total. The Kier molecular flexibility index (Phi) is 5.72. The Labute approximate surface area is 152 Å². The monoisotopic (exact) mass is 347 g/mol. The number of nitrogens with two attached hydrogens (primary N) is 1. The third kappa shape index (κ3) is 5.27. The molecule has 0 saturated heterocycles. The minimum absolute atomic E-state index is 0.309. The van der Waals surface area contributed by atoms with Gasteiger partial charge in [0.2, 0.25) is 0 Å². The third-order valence-electron chi connectivity index (χ3n) is 3.80. The van der Waals surface area contributed by atoms with Crippen molar-refractivity contribution in [2.45, 2.75) is 6.42 Å². The van der Waals surface area contributed by atoms with Crippen molar-refractivity contribution in [1.29, 1.82) is 0 Å². The number of amides is 1. The second-order valence-electron chi connectivity index (χ2n) is 5.82. The number of carbonyl (C=O) groups excluding carboxylic acids is 1. The standard InChI is InChI=1S/C21H21N3O2/c22-17-8-6-16(7-9-17)14-15-26-21(25)24-20-12-10-19(11-13-20)23-18-4-2-1-3-5-18/h1-13,23H,14-15,22H2,(H,24,25). The lowest BCUT2D eigenvalue weighted by Crippen LogP contribution is -2.15. The first-order valence-corrected chi connectivity index (χ1v) is 8.39. The molecule has 3 rings (SSSR count). The van der Waals surface area contributed by atoms with Crippen LogP contribution in [0.4, 0.5) is 27.5 Å². The largest absolute Gasteiger partial charge is 0.449 e. The van der Waals surface area contributed by atoms with E-state index in [9.17, 15) is 4.79 Å². The number of ether oxygens (including phenoxy) is 1. The molecule has 3 aromatic rings. The molecular weight excluding hydrogens is 326 g/mol. The molecule has 0 bridgehead atoms. The molecule has 0 radical (unpaired) electrons. The van der Waals surface area contributed by atoms with Gasteiger partial charge >= 0.3 is 6.09 Å². The molecule has 5 heteroatoms. The van der Waals surface area contributed by atoms with Gasteiger partial charge in [-0.2, -0.15) is 0 Å². The first kappa shape index (κ1) is 17.4. The Balaban J connectivity index is 1.44. The average Bonchev–Trinajstić information content (AvgIpc) is 2.66. The zero-order valence-corrected chi connectivity index (χ0v) is 14.3. The molecule has 26 heavy (non-hydrogen) atoms. The Bertz CT molecular complexity index is 831. The van der Waals surface area contributed by atoms with E-state index in [0.717, 1.165) is 22.6 Å². The summed E-state index contributed by atoms with van der Waals surface area (Å²) in [5, 5.41) is 6.01. The summed E-state index contributed by atoms with van der Waals surface area (Å²) >= 11 is 0. The number of hydrogen-bond acceptors (Lipinski definition) is 4. The molecule has 3 aromatic carbocycles. The summed E-state index contributed by atoms with van der Waals surface area (Å²) in [5.74, 6) is 0. The van der Waals surface area contributed by atoms with Gasteiger partial charge in [-0.1, -0.05) is 30.3 Å². The van der Waals surface area contributed by atoms with E-state index in [-0.39, 0.29) is 0 Å². The predicted octanol–water partition coefficient (Wildman–Crippen LogP) is 4.80. The summed E-state index contributed by atoms with van der Waals surface area (Å²) in [6.45, 7) is 0.309. The van der Waals surface area contributed by atoms with Crippen molar-refractivity contribution in [2.24, 2.45) is 0 Å². The van der Waals surface area contributed by atoms with Crippen LogP contribution in [0.15, 0.2) is 78.9 Å². The van der Waals surface area contributed by atoms with E-state index in [1.807, 2.05) is 78.9 Å². The third-order valence-corrected chi connectivity index (χ3v) is 3.80. The Hall–Kier alpha value is -3.47. The summed E-state index contributed by atoms with van der Waals surface area (Å²) in [7, 11) is 0. The van der Waals surface area contributed by atoms with Crippen LogP contribution in [0.5, 0.6) is 0 Å². The molecule has 0 saturated carbocycles. The quantitative estimate of drug-likeness (QED) is 0.560. The molecule has 0 aliphatic carbocycles. The molecule has 5 nitrogen and oxygen atoms in total. The summed E-state index contributed by atoms with van der Waals surface area (Å²) < 4.78 is 5.21. The SMILES string of the molecule is Nc1ccc(CCOC(=O)Nc2ccc(Nc3ccccc3)cc2)cc1. The maximum atomic E-state index is 11.9. The van der Waals surface area contributed by atoms with E-state index in [1.54, 1.807) is 0 Å². The van der Waals surface area contributed by atoms with Crippen molar-refractivity contribution >= 4 is 28.8 Å². The minimum atomic E-state index is -0.468. The van der Waals surface area contributed by atoms with Crippen LogP contribution in [0.3, 0.4) is 0 Å². The van der Waals surface area contributed by atoms with Crippen molar-refractivity contribution in [3.05, 3.63) is 84.4 Å². The zero-order valence-electron chi connectivity index (χ0n) is 14.3. The van der Waals surface area contributed by atoms with Crippen LogP contribution in [0.1, 0.15) is 5.56 Å². The molecule has 1 amide bonds. The lowest BCUT2D eigenvalue weighted by atomic mass is 10.1. The van der Waals surface area contributed by atoms with Crippen molar-refractivity contribution in [1.82, 2.24) is 0 Å². The molecule has 132 valence electrons. The zero-order chi connectivity index (χ0) is 18.2. The van der Waals surface area contributed by atoms with Crippen LogP contribution in [-0.4, -0.2) is 12.7 Å². The van der Waals surface area contributed by atoms with Gasteiger partial charge in [-0.25, -0.2) is 4.79 Å². The van der Waals surface area contributed by atoms with Crippen LogP contribution < -0.4 is 16.4 Å². The van der Waals surface area contributed by atoms with Crippen LogP contribution >= 0.6 is 0 Å². The van der Waals surface area contributed by atoms with Crippen LogP contribution in [0.25, 0.3) is 0 Å². The number of nitrogens with one attached hydrogen (secondary N) is 2. The smallest absolute Gasteiger partial charge is 0.411 e. The fourth-order valence-electron chi connectivity index (χ4n) is 2.42. The highest BCUT2D eigenvalue weighted by atomic mass is 16.5. The highest BCUT2D eigenvalue weighted by molar-refractivity contribution is 5.85. The van der Waals surface area contributed by atoms with E-state index in [1.165, 1.54) is 0 Å². The maximum absolute atomic E-state index is 11.9. The first-order chi connectivity index (χ1) is 12.7. The van der Waals surface area contributed by atoms with Crippen molar-refractivity contribution in [3.63, 3.8) is 0 Å². The van der Waals surface area contributed by atoms with Crippen LogP contribution in [0, 0.1) is 0 Å². The van der Waals surface area contributed by atoms with E-state index in [2.05, 4.69) is 10.6 Å². The normalized spacial score (nSPS) is 10.2. The van der Waals surface area contributed by atoms with Gasteiger partial charge in [0.05, 0.1) is 6.61 Å². The lowest BCUT2D eigenvalue weighted by Gasteiger charge is -2.09. The number of benzene rings is 3. The van der Waals surface area contributed by atoms with Gasteiger partial charge in [0.1, 0.15) is 0 Å². The summed E-state index contributed by atoms with van der Waals surface area (Å²) in [5.41, 5.74) is 10.1. The molecule has 0 unspecified atom stereocenters. The topological polar surface area (TPSA) is 76.4 Å². The molecule has 0 aliphatic rings. The molecule has 0 atom stereocenters. The van der Waals surface area contributed by atoms with Gasteiger partial charge < -0.3 is 15.8 Å². The highest BCUT2D eigenvalue weighted by Gasteiger charge is 2.04. The fourth-order valence-corrected chi connectivity index (χ4v) is 2.42. The van der Waals surface area contributed by atoms with Gasteiger partial charge in [-0.3, -0.25) is 5.32 Å². The molecule has 0 fully saturated rings. The number of rotatable bonds is 6. The average molecular weight is 347 g/mol. The lowest BCUT2D eigenvalue weighted by molar-refractivity contribution is 0.163. The van der Waals surface area contributed by atoms with Gasteiger partial charge in [-0.05, 0) is 54.1 Å². The number of hydrogen-bond donors (Lipinski definition) is 3. The molecular formula is C21H21N3O2. The number of anilines is 4. The molecule has 0 spiro atoms. The molecule has 0 aliphatic heterocycles.